The first kappa shape index (κ1) is 62.4. The summed E-state index contributed by atoms with van der Waals surface area (Å²) >= 11 is 0. The molecule has 0 spiro atoms. The molecule has 2 unspecified atom stereocenters. The van der Waals surface area contributed by atoms with E-state index >= 15 is 0 Å². The smallest absolute Gasteiger partial charge is 0.462 e. The van der Waals surface area contributed by atoms with Crippen molar-refractivity contribution >= 4 is 19.8 Å². The van der Waals surface area contributed by atoms with Gasteiger partial charge in [0.05, 0.1) is 13.2 Å². The van der Waals surface area contributed by atoms with Gasteiger partial charge >= 0.3 is 19.8 Å². The number of hydrogen-bond acceptors (Lipinski definition) is 8. The molecule has 0 fully saturated rings. The van der Waals surface area contributed by atoms with Gasteiger partial charge in [-0.05, 0) is 83.5 Å². The Hall–Kier alpha value is -2.55. The van der Waals surface area contributed by atoms with Crippen molar-refractivity contribution in [3.63, 3.8) is 0 Å². The monoisotopic (exact) mass is 932 g/mol. The molecule has 0 aliphatic rings. The number of allylic oxidation sites excluding steroid dienone is 12. The van der Waals surface area contributed by atoms with Crippen LogP contribution in [0.25, 0.3) is 0 Å². The van der Waals surface area contributed by atoms with E-state index < -0.39 is 26.5 Å². The van der Waals surface area contributed by atoms with Crippen molar-refractivity contribution in [3.05, 3.63) is 72.9 Å². The highest BCUT2D eigenvalue weighted by molar-refractivity contribution is 7.47. The molecular formula is C55H98NO8P. The zero-order valence-electron chi connectivity index (χ0n) is 41.7. The minimum absolute atomic E-state index is 0.0479. The van der Waals surface area contributed by atoms with Crippen LogP contribution in [0.2, 0.25) is 0 Å². The summed E-state index contributed by atoms with van der Waals surface area (Å²) in [6, 6.07) is 0. The molecule has 0 aromatic rings. The molecule has 3 N–H and O–H groups in total. The third-order valence-electron chi connectivity index (χ3n) is 11.1. The summed E-state index contributed by atoms with van der Waals surface area (Å²) in [5, 5.41) is 0. The van der Waals surface area contributed by atoms with E-state index in [1.165, 1.54) is 109 Å². The summed E-state index contributed by atoms with van der Waals surface area (Å²) in [4.78, 5) is 35.1. The highest BCUT2D eigenvalue weighted by Crippen LogP contribution is 2.43. The number of rotatable bonds is 49. The molecule has 65 heavy (non-hydrogen) atoms. The fraction of sp³-hybridized carbons (Fsp3) is 0.745. The van der Waals surface area contributed by atoms with E-state index in [1.807, 2.05) is 0 Å². The van der Waals surface area contributed by atoms with E-state index in [9.17, 15) is 19.0 Å². The number of carbonyl (C=O) groups excluding carboxylic acids is 2. The maximum absolute atomic E-state index is 12.7. The van der Waals surface area contributed by atoms with Crippen LogP contribution in [0.3, 0.4) is 0 Å². The summed E-state index contributed by atoms with van der Waals surface area (Å²) in [7, 11) is -4.39. The van der Waals surface area contributed by atoms with Gasteiger partial charge in [0.2, 0.25) is 0 Å². The molecule has 0 aromatic carbocycles. The minimum atomic E-state index is -4.39. The van der Waals surface area contributed by atoms with Gasteiger partial charge in [-0.3, -0.25) is 18.6 Å². The first-order chi connectivity index (χ1) is 31.8. The Balaban J connectivity index is 4.03. The Morgan fingerprint density at radius 2 is 0.846 bits per heavy atom. The number of hydrogen-bond donors (Lipinski definition) is 2. The summed E-state index contributed by atoms with van der Waals surface area (Å²) in [5.41, 5.74) is 5.37. The van der Waals surface area contributed by atoms with E-state index in [0.717, 1.165) is 89.9 Å². The number of phosphoric ester groups is 1. The average Bonchev–Trinajstić information content (AvgIpc) is 3.30. The highest BCUT2D eigenvalue weighted by Gasteiger charge is 2.26. The SMILES string of the molecule is CC/C=C\C/C=C\C/C=C\C/C=C\CCCCCCCCC(=O)OC(COC(=O)CCCCCCCCCCCCCCC/C=C\C/C=C\CCCCCCC)COP(=O)(O)OCCN. The molecule has 0 aliphatic heterocycles. The van der Waals surface area contributed by atoms with Crippen molar-refractivity contribution in [2.45, 2.75) is 238 Å². The molecule has 0 saturated carbocycles. The van der Waals surface area contributed by atoms with E-state index in [2.05, 4.69) is 86.8 Å². The number of carbonyl (C=O) groups is 2. The fourth-order valence-corrected chi connectivity index (χ4v) is 7.95. The quantitative estimate of drug-likeness (QED) is 0.0265. The van der Waals surface area contributed by atoms with E-state index in [0.29, 0.717) is 6.42 Å². The molecule has 0 rings (SSSR count). The van der Waals surface area contributed by atoms with Gasteiger partial charge in [0.1, 0.15) is 6.61 Å². The standard InChI is InChI=1S/C55H98NO8P/c1-3-5-7-9-11-13-15-17-19-21-23-24-25-26-27-28-30-31-33-35-37-39-41-43-45-47-54(57)61-51-53(52-63-65(59,60)62-50-49-56)64-55(58)48-46-44-42-40-38-36-34-32-29-22-20-18-16-14-12-10-8-6-4-2/h6,8,12,14-15,17-18,20-21,23,29,32,53H,3-5,7,9-11,13,16,19,22,24-28,30-31,33-52,56H2,1-2H3,(H,59,60)/b8-6-,14-12-,17-15-,20-18-,23-21-,32-29-. The predicted molar refractivity (Wildman–Crippen MR) is 275 cm³/mol. The van der Waals surface area contributed by atoms with Crippen LogP contribution in [-0.2, 0) is 32.7 Å². The Labute approximate surface area is 399 Å². The maximum atomic E-state index is 12.7. The second-order valence-electron chi connectivity index (χ2n) is 17.4. The topological polar surface area (TPSA) is 134 Å². The van der Waals surface area contributed by atoms with E-state index in [1.54, 1.807) is 0 Å². The lowest BCUT2D eigenvalue weighted by atomic mass is 10.0. The summed E-state index contributed by atoms with van der Waals surface area (Å²) in [5.74, 6) is -0.844. The summed E-state index contributed by atoms with van der Waals surface area (Å²) < 4.78 is 32.9. The summed E-state index contributed by atoms with van der Waals surface area (Å²) in [6.07, 6.45) is 63.7. The number of phosphoric acid groups is 1. The third kappa shape index (κ3) is 50.7. The number of nitrogens with two attached hydrogens (primary N) is 1. The van der Waals surface area contributed by atoms with Crippen molar-refractivity contribution in [2.75, 3.05) is 26.4 Å². The van der Waals surface area contributed by atoms with E-state index in [-0.39, 0.29) is 38.6 Å². The molecule has 0 aliphatic carbocycles. The minimum Gasteiger partial charge on any atom is -0.462 e. The molecule has 0 radical (unpaired) electrons. The second-order valence-corrected chi connectivity index (χ2v) is 18.8. The Morgan fingerprint density at radius 1 is 0.477 bits per heavy atom. The number of esters is 2. The molecule has 10 heteroatoms. The zero-order valence-corrected chi connectivity index (χ0v) is 42.6. The van der Waals surface area contributed by atoms with Gasteiger partial charge in [-0.1, -0.05) is 209 Å². The molecule has 0 saturated heterocycles. The lowest BCUT2D eigenvalue weighted by molar-refractivity contribution is -0.161. The van der Waals surface area contributed by atoms with Crippen LogP contribution in [0.4, 0.5) is 0 Å². The lowest BCUT2D eigenvalue weighted by Crippen LogP contribution is -2.29. The molecule has 2 atom stereocenters. The van der Waals surface area contributed by atoms with Crippen molar-refractivity contribution in [3.8, 4) is 0 Å². The zero-order chi connectivity index (χ0) is 47.4. The second kappa shape index (κ2) is 50.9. The van der Waals surface area contributed by atoms with Gasteiger partial charge in [0.15, 0.2) is 6.10 Å². The predicted octanol–water partition coefficient (Wildman–Crippen LogP) is 16.2. The van der Waals surface area contributed by atoms with Crippen LogP contribution >= 0.6 is 7.82 Å². The van der Waals surface area contributed by atoms with Gasteiger partial charge in [-0.2, -0.15) is 0 Å². The van der Waals surface area contributed by atoms with Gasteiger partial charge < -0.3 is 20.1 Å². The largest absolute Gasteiger partial charge is 0.472 e. The molecule has 9 nitrogen and oxygen atoms in total. The summed E-state index contributed by atoms with van der Waals surface area (Å²) in [6.45, 7) is 3.61. The lowest BCUT2D eigenvalue weighted by Gasteiger charge is -2.19. The number of unbranched alkanes of at least 4 members (excludes halogenated alkanes) is 24. The fourth-order valence-electron chi connectivity index (χ4n) is 7.19. The Kier molecular flexibility index (Phi) is 48.9. The Morgan fingerprint density at radius 3 is 1.26 bits per heavy atom. The normalized spacial score (nSPS) is 13.7. The van der Waals surface area contributed by atoms with Crippen LogP contribution in [0.5, 0.6) is 0 Å². The number of ether oxygens (including phenoxy) is 2. The Bertz CT molecular complexity index is 1290. The van der Waals surface area contributed by atoms with Crippen LogP contribution in [0.15, 0.2) is 72.9 Å². The van der Waals surface area contributed by atoms with Crippen LogP contribution in [0.1, 0.15) is 232 Å². The molecule has 376 valence electrons. The van der Waals surface area contributed by atoms with Crippen LogP contribution in [-0.4, -0.2) is 49.3 Å². The first-order valence-electron chi connectivity index (χ1n) is 26.4. The molecule has 0 aromatic heterocycles. The third-order valence-corrected chi connectivity index (χ3v) is 12.1. The molecule has 0 bridgehead atoms. The van der Waals surface area contributed by atoms with Gasteiger partial charge in [0.25, 0.3) is 0 Å². The van der Waals surface area contributed by atoms with Crippen molar-refractivity contribution in [2.24, 2.45) is 5.73 Å². The van der Waals surface area contributed by atoms with Crippen molar-refractivity contribution in [1.29, 1.82) is 0 Å². The average molecular weight is 932 g/mol. The molecule has 0 heterocycles. The van der Waals surface area contributed by atoms with Gasteiger partial charge in [-0.25, -0.2) is 4.57 Å². The van der Waals surface area contributed by atoms with Crippen molar-refractivity contribution < 1.29 is 37.6 Å². The van der Waals surface area contributed by atoms with Crippen LogP contribution < -0.4 is 5.73 Å². The maximum Gasteiger partial charge on any atom is 0.472 e. The molecular weight excluding hydrogens is 834 g/mol. The van der Waals surface area contributed by atoms with Crippen LogP contribution in [0, 0.1) is 0 Å². The molecule has 0 amide bonds. The van der Waals surface area contributed by atoms with Gasteiger partial charge in [-0.15, -0.1) is 0 Å². The first-order valence-corrected chi connectivity index (χ1v) is 27.9. The highest BCUT2D eigenvalue weighted by atomic mass is 31.2. The van der Waals surface area contributed by atoms with Gasteiger partial charge in [0, 0.05) is 19.4 Å². The van der Waals surface area contributed by atoms with E-state index in [4.69, 9.17) is 24.3 Å². The van der Waals surface area contributed by atoms with Crippen molar-refractivity contribution in [1.82, 2.24) is 0 Å².